The van der Waals surface area contributed by atoms with E-state index in [1.54, 1.807) is 18.2 Å². The third kappa shape index (κ3) is 2.74. The Hall–Kier alpha value is -2.75. The van der Waals surface area contributed by atoms with Gasteiger partial charge in [-0.1, -0.05) is 42.0 Å². The summed E-state index contributed by atoms with van der Waals surface area (Å²) in [5.41, 5.74) is 2.46. The smallest absolute Gasteiger partial charge is 0.275 e. The maximum Gasteiger partial charge on any atom is 0.275 e. The van der Waals surface area contributed by atoms with Gasteiger partial charge in [-0.3, -0.25) is 4.79 Å². The topological polar surface area (TPSA) is 41.5 Å². The molecule has 0 spiro atoms. The van der Waals surface area contributed by atoms with Crippen molar-refractivity contribution in [3.8, 4) is 0 Å². The van der Waals surface area contributed by atoms with E-state index in [0.29, 0.717) is 11.4 Å². The first-order valence-corrected chi connectivity index (χ1v) is 6.57. The lowest BCUT2D eigenvalue weighted by atomic mass is 10.1. The fourth-order valence-electron chi connectivity index (χ4n) is 2.14. The Kier molecular flexibility index (Phi) is 3.36. The Morgan fingerprint density at radius 2 is 1.95 bits per heavy atom. The Labute approximate surface area is 121 Å². The minimum absolute atomic E-state index is 0.205. The highest BCUT2D eigenvalue weighted by atomic mass is 19.1. The molecule has 2 aromatic rings. The van der Waals surface area contributed by atoms with Crippen molar-refractivity contribution in [1.82, 2.24) is 5.32 Å². The zero-order chi connectivity index (χ0) is 14.8. The van der Waals surface area contributed by atoms with Crippen LogP contribution in [0.2, 0.25) is 0 Å². The van der Waals surface area contributed by atoms with Gasteiger partial charge in [-0.25, -0.2) is 9.38 Å². The minimum atomic E-state index is -0.378. The van der Waals surface area contributed by atoms with Gasteiger partial charge < -0.3 is 5.32 Å². The molecule has 3 rings (SSSR count). The average Bonchev–Trinajstić information content (AvgIpc) is 2.83. The van der Waals surface area contributed by atoms with Crippen molar-refractivity contribution in [2.24, 2.45) is 4.99 Å². The molecule has 3 nitrogen and oxygen atoms in total. The number of nitrogens with zero attached hydrogens (tertiary/aromatic N) is 1. The lowest BCUT2D eigenvalue weighted by Gasteiger charge is -2.00. The van der Waals surface area contributed by atoms with E-state index in [-0.39, 0.29) is 17.4 Å². The van der Waals surface area contributed by atoms with Crippen LogP contribution >= 0.6 is 0 Å². The third-order valence-electron chi connectivity index (χ3n) is 3.19. The average molecular weight is 280 g/mol. The number of carbonyl (C=O) groups is 1. The zero-order valence-corrected chi connectivity index (χ0v) is 11.4. The summed E-state index contributed by atoms with van der Waals surface area (Å²) in [6, 6.07) is 14.0. The fourth-order valence-corrected chi connectivity index (χ4v) is 2.14. The van der Waals surface area contributed by atoms with E-state index in [1.165, 1.54) is 12.1 Å². The van der Waals surface area contributed by atoms with Crippen LogP contribution in [-0.2, 0) is 4.79 Å². The lowest BCUT2D eigenvalue weighted by Crippen LogP contribution is -2.24. The molecule has 2 aromatic carbocycles. The van der Waals surface area contributed by atoms with Crippen LogP contribution in [0.25, 0.3) is 6.08 Å². The van der Waals surface area contributed by atoms with E-state index in [2.05, 4.69) is 10.3 Å². The monoisotopic (exact) mass is 280 g/mol. The first kappa shape index (κ1) is 13.2. The lowest BCUT2D eigenvalue weighted by molar-refractivity contribution is -0.115. The number of benzene rings is 2. The molecule has 104 valence electrons. The quantitative estimate of drug-likeness (QED) is 0.844. The molecule has 1 aliphatic heterocycles. The van der Waals surface area contributed by atoms with Crippen LogP contribution in [0.3, 0.4) is 0 Å². The first-order chi connectivity index (χ1) is 10.1. The van der Waals surface area contributed by atoms with Gasteiger partial charge in [-0.15, -0.1) is 0 Å². The second-order valence-electron chi connectivity index (χ2n) is 4.84. The second-order valence-corrected chi connectivity index (χ2v) is 4.84. The number of halogens is 1. The number of nitrogens with one attached hydrogen (secondary N) is 1. The molecule has 4 heteroatoms. The molecule has 1 aliphatic rings. The van der Waals surface area contributed by atoms with Crippen molar-refractivity contribution in [3.63, 3.8) is 0 Å². The Morgan fingerprint density at radius 3 is 2.71 bits per heavy atom. The maximum atomic E-state index is 13.6. The van der Waals surface area contributed by atoms with Gasteiger partial charge in [0, 0.05) is 11.1 Å². The molecule has 1 heterocycles. The van der Waals surface area contributed by atoms with Crippen LogP contribution in [0.1, 0.15) is 16.7 Å². The normalized spacial score (nSPS) is 16.0. The minimum Gasteiger partial charge on any atom is -0.305 e. The van der Waals surface area contributed by atoms with Crippen LogP contribution < -0.4 is 5.32 Å². The second kappa shape index (κ2) is 5.32. The molecular weight excluding hydrogens is 267 g/mol. The summed E-state index contributed by atoms with van der Waals surface area (Å²) in [6.07, 6.45) is 1.45. The summed E-state index contributed by atoms with van der Waals surface area (Å²) in [6.45, 7) is 1.97. The van der Waals surface area contributed by atoms with E-state index in [9.17, 15) is 9.18 Å². The van der Waals surface area contributed by atoms with Crippen molar-refractivity contribution in [2.45, 2.75) is 6.92 Å². The standard InChI is InChI=1S/C17H13FN2O/c1-11-5-4-7-13(9-11)16-19-15(17(21)20-16)10-12-6-2-3-8-14(12)18/h2-10H,1H3,(H,19,20,21)/b15-10-. The molecule has 0 atom stereocenters. The Bertz CT molecular complexity index is 778. The number of hydrogen-bond acceptors (Lipinski definition) is 2. The largest absolute Gasteiger partial charge is 0.305 e. The molecule has 0 radical (unpaired) electrons. The van der Waals surface area contributed by atoms with Gasteiger partial charge in [0.1, 0.15) is 17.3 Å². The maximum absolute atomic E-state index is 13.6. The highest BCUT2D eigenvalue weighted by Crippen LogP contribution is 2.17. The van der Waals surface area contributed by atoms with Crippen molar-refractivity contribution in [1.29, 1.82) is 0 Å². The summed E-state index contributed by atoms with van der Waals surface area (Å²) in [5.74, 6) is -0.210. The van der Waals surface area contributed by atoms with Gasteiger partial charge in [-0.2, -0.15) is 0 Å². The number of aryl methyl sites for hydroxylation is 1. The predicted molar refractivity (Wildman–Crippen MR) is 80.2 cm³/mol. The number of amides is 1. The van der Waals surface area contributed by atoms with Crippen LogP contribution in [0.15, 0.2) is 59.2 Å². The van der Waals surface area contributed by atoms with Gasteiger partial charge in [0.05, 0.1) is 0 Å². The van der Waals surface area contributed by atoms with Gasteiger partial charge in [0.25, 0.3) is 5.91 Å². The predicted octanol–water partition coefficient (Wildman–Crippen LogP) is 3.05. The SMILES string of the molecule is Cc1cccc(C2=N/C(=C\c3ccccc3F)C(=O)N2)c1. The molecule has 0 unspecified atom stereocenters. The highest BCUT2D eigenvalue weighted by Gasteiger charge is 2.21. The van der Waals surface area contributed by atoms with Crippen LogP contribution in [0, 0.1) is 12.7 Å². The molecule has 0 bridgehead atoms. The third-order valence-corrected chi connectivity index (χ3v) is 3.19. The van der Waals surface area contributed by atoms with Crippen molar-refractivity contribution in [3.05, 3.63) is 76.7 Å². The van der Waals surface area contributed by atoms with E-state index in [0.717, 1.165) is 11.1 Å². The molecule has 0 saturated heterocycles. The van der Waals surface area contributed by atoms with E-state index >= 15 is 0 Å². The van der Waals surface area contributed by atoms with E-state index in [1.807, 2.05) is 31.2 Å². The highest BCUT2D eigenvalue weighted by molar-refractivity contribution is 6.19. The molecule has 0 aliphatic carbocycles. The number of aliphatic imine (C=N–C) groups is 1. The van der Waals surface area contributed by atoms with Crippen LogP contribution in [0.5, 0.6) is 0 Å². The molecule has 1 amide bonds. The zero-order valence-electron chi connectivity index (χ0n) is 11.4. The summed E-state index contributed by atoms with van der Waals surface area (Å²) in [5, 5.41) is 2.71. The van der Waals surface area contributed by atoms with Crippen LogP contribution in [0.4, 0.5) is 4.39 Å². The first-order valence-electron chi connectivity index (χ1n) is 6.57. The molecule has 0 saturated carbocycles. The summed E-state index contributed by atoms with van der Waals surface area (Å²) in [7, 11) is 0. The molecule has 0 fully saturated rings. The van der Waals surface area contributed by atoms with Gasteiger partial charge in [0.2, 0.25) is 0 Å². The van der Waals surface area contributed by atoms with Gasteiger partial charge in [-0.05, 0) is 25.1 Å². The van der Waals surface area contributed by atoms with Crippen molar-refractivity contribution < 1.29 is 9.18 Å². The van der Waals surface area contributed by atoms with E-state index in [4.69, 9.17) is 0 Å². The number of rotatable bonds is 2. The number of carbonyl (C=O) groups excluding carboxylic acids is 1. The molecular formula is C17H13FN2O. The van der Waals surface area contributed by atoms with Gasteiger partial charge >= 0.3 is 0 Å². The molecule has 1 N–H and O–H groups in total. The summed E-state index contributed by atoms with van der Waals surface area (Å²) in [4.78, 5) is 16.2. The number of hydrogen-bond donors (Lipinski definition) is 1. The summed E-state index contributed by atoms with van der Waals surface area (Å²) < 4.78 is 13.6. The van der Waals surface area contributed by atoms with E-state index < -0.39 is 0 Å². The van der Waals surface area contributed by atoms with Crippen LogP contribution in [-0.4, -0.2) is 11.7 Å². The Balaban J connectivity index is 1.98. The summed E-state index contributed by atoms with van der Waals surface area (Å²) >= 11 is 0. The molecule has 0 aromatic heterocycles. The van der Waals surface area contributed by atoms with Crippen molar-refractivity contribution in [2.75, 3.05) is 0 Å². The fraction of sp³-hybridized carbons (Fsp3) is 0.0588. The Morgan fingerprint density at radius 1 is 1.14 bits per heavy atom. The molecule has 21 heavy (non-hydrogen) atoms. The van der Waals surface area contributed by atoms with Gasteiger partial charge in [0.15, 0.2) is 0 Å². The van der Waals surface area contributed by atoms with Crippen molar-refractivity contribution >= 4 is 17.8 Å². The number of amidine groups is 1.